The summed E-state index contributed by atoms with van der Waals surface area (Å²) >= 11 is 1.89. The maximum Gasteiger partial charge on any atom is 0.0697 e. The van der Waals surface area contributed by atoms with Crippen LogP contribution in [-0.4, -0.2) is 31.1 Å². The highest BCUT2D eigenvalue weighted by Crippen LogP contribution is 2.33. The molecule has 112 valence electrons. The van der Waals surface area contributed by atoms with Gasteiger partial charge in [0.15, 0.2) is 0 Å². The summed E-state index contributed by atoms with van der Waals surface area (Å²) in [5, 5.41) is 5.73. The van der Waals surface area contributed by atoms with Crippen molar-refractivity contribution in [1.82, 2.24) is 10.2 Å². The SMILES string of the molecule is CCc1ccc(C(c2cc(C)cs2)N2CCNCC2)cc1. The molecule has 1 aliphatic heterocycles. The molecule has 0 spiro atoms. The minimum Gasteiger partial charge on any atom is -0.314 e. The Hall–Kier alpha value is -1.16. The Balaban J connectivity index is 1.93. The summed E-state index contributed by atoms with van der Waals surface area (Å²) in [5.74, 6) is 0. The van der Waals surface area contributed by atoms with E-state index >= 15 is 0 Å². The molecule has 2 heterocycles. The summed E-state index contributed by atoms with van der Waals surface area (Å²) in [4.78, 5) is 4.08. The number of hydrogen-bond donors (Lipinski definition) is 1. The Labute approximate surface area is 131 Å². The van der Waals surface area contributed by atoms with Crippen LogP contribution in [0.1, 0.15) is 34.5 Å². The van der Waals surface area contributed by atoms with Gasteiger partial charge in [-0.1, -0.05) is 31.2 Å². The van der Waals surface area contributed by atoms with Crippen LogP contribution in [0, 0.1) is 6.92 Å². The molecule has 0 saturated carbocycles. The summed E-state index contributed by atoms with van der Waals surface area (Å²) in [5.41, 5.74) is 4.22. The Morgan fingerprint density at radius 1 is 1.19 bits per heavy atom. The summed E-state index contributed by atoms with van der Waals surface area (Å²) in [6, 6.07) is 12.0. The summed E-state index contributed by atoms with van der Waals surface area (Å²) in [6.45, 7) is 8.83. The quantitative estimate of drug-likeness (QED) is 0.928. The third kappa shape index (κ3) is 3.37. The van der Waals surface area contributed by atoms with Crippen molar-refractivity contribution in [3.63, 3.8) is 0 Å². The lowest BCUT2D eigenvalue weighted by molar-refractivity contribution is 0.200. The monoisotopic (exact) mass is 300 g/mol. The van der Waals surface area contributed by atoms with E-state index in [0.717, 1.165) is 32.6 Å². The van der Waals surface area contributed by atoms with Crippen molar-refractivity contribution in [3.05, 3.63) is 57.3 Å². The first-order chi connectivity index (χ1) is 10.3. The molecule has 1 aromatic carbocycles. The lowest BCUT2D eigenvalue weighted by atomic mass is 10.00. The van der Waals surface area contributed by atoms with Crippen molar-refractivity contribution in [3.8, 4) is 0 Å². The molecule has 1 saturated heterocycles. The van der Waals surface area contributed by atoms with E-state index in [1.807, 2.05) is 11.3 Å². The van der Waals surface area contributed by atoms with Gasteiger partial charge in [-0.05, 0) is 41.5 Å². The summed E-state index contributed by atoms with van der Waals surface area (Å²) in [7, 11) is 0. The molecule has 3 rings (SSSR count). The van der Waals surface area contributed by atoms with Gasteiger partial charge in [-0.25, -0.2) is 0 Å². The second-order valence-electron chi connectivity index (χ2n) is 5.81. The Kier molecular flexibility index (Phi) is 4.73. The first-order valence-corrected chi connectivity index (χ1v) is 8.74. The maximum absolute atomic E-state index is 3.46. The van der Waals surface area contributed by atoms with Crippen molar-refractivity contribution < 1.29 is 0 Å². The maximum atomic E-state index is 3.46. The van der Waals surface area contributed by atoms with Crippen molar-refractivity contribution in [2.75, 3.05) is 26.2 Å². The third-order valence-corrected chi connectivity index (χ3v) is 5.34. The van der Waals surface area contributed by atoms with Gasteiger partial charge in [0, 0.05) is 31.1 Å². The Morgan fingerprint density at radius 3 is 2.48 bits per heavy atom. The van der Waals surface area contributed by atoms with Crippen molar-refractivity contribution >= 4 is 11.3 Å². The fraction of sp³-hybridized carbons (Fsp3) is 0.444. The fourth-order valence-electron chi connectivity index (χ4n) is 3.03. The van der Waals surface area contributed by atoms with Crippen LogP contribution >= 0.6 is 11.3 Å². The van der Waals surface area contributed by atoms with E-state index in [9.17, 15) is 0 Å². The standard InChI is InChI=1S/C18H24N2S/c1-3-15-4-6-16(7-5-15)18(17-12-14(2)13-21-17)20-10-8-19-9-11-20/h4-7,12-13,18-19H,3,8-11H2,1-2H3. The predicted octanol–water partition coefficient (Wildman–Crippen LogP) is 3.61. The molecular formula is C18H24N2S. The molecule has 0 amide bonds. The zero-order valence-electron chi connectivity index (χ0n) is 12.9. The van der Waals surface area contributed by atoms with E-state index in [0.29, 0.717) is 6.04 Å². The lowest BCUT2D eigenvalue weighted by Gasteiger charge is -2.34. The lowest BCUT2D eigenvalue weighted by Crippen LogP contribution is -2.45. The van der Waals surface area contributed by atoms with E-state index in [1.54, 1.807) is 0 Å². The smallest absolute Gasteiger partial charge is 0.0697 e. The molecule has 0 aliphatic carbocycles. The molecule has 2 aromatic rings. The molecule has 2 nitrogen and oxygen atoms in total. The van der Waals surface area contributed by atoms with E-state index < -0.39 is 0 Å². The molecule has 1 N–H and O–H groups in total. The third-order valence-electron chi connectivity index (χ3n) is 4.24. The van der Waals surface area contributed by atoms with Crippen LogP contribution in [0.25, 0.3) is 0 Å². The molecule has 1 unspecified atom stereocenters. The zero-order valence-corrected chi connectivity index (χ0v) is 13.7. The molecule has 3 heteroatoms. The van der Waals surface area contributed by atoms with Crippen molar-refractivity contribution in [2.45, 2.75) is 26.3 Å². The van der Waals surface area contributed by atoms with E-state index in [4.69, 9.17) is 0 Å². The molecule has 0 bridgehead atoms. The average Bonchev–Trinajstić information content (AvgIpc) is 2.95. The summed E-state index contributed by atoms with van der Waals surface area (Å²) in [6.07, 6.45) is 1.11. The van der Waals surface area contributed by atoms with Crippen LogP contribution in [0.4, 0.5) is 0 Å². The number of piperazine rings is 1. The molecular weight excluding hydrogens is 276 g/mol. The van der Waals surface area contributed by atoms with Crippen LogP contribution in [0.2, 0.25) is 0 Å². The fourth-order valence-corrected chi connectivity index (χ4v) is 4.09. The topological polar surface area (TPSA) is 15.3 Å². The normalized spacial score (nSPS) is 17.8. The molecule has 1 fully saturated rings. The van der Waals surface area contributed by atoms with Gasteiger partial charge in [0.2, 0.25) is 0 Å². The highest BCUT2D eigenvalue weighted by molar-refractivity contribution is 7.10. The number of benzene rings is 1. The van der Waals surface area contributed by atoms with Crippen molar-refractivity contribution in [1.29, 1.82) is 0 Å². The van der Waals surface area contributed by atoms with Crippen LogP contribution in [-0.2, 0) is 6.42 Å². The van der Waals surface area contributed by atoms with Gasteiger partial charge in [-0.15, -0.1) is 11.3 Å². The number of nitrogens with zero attached hydrogens (tertiary/aromatic N) is 1. The van der Waals surface area contributed by atoms with Gasteiger partial charge in [0.1, 0.15) is 0 Å². The molecule has 21 heavy (non-hydrogen) atoms. The van der Waals surface area contributed by atoms with Crippen LogP contribution in [0.15, 0.2) is 35.7 Å². The number of aryl methyl sites for hydroxylation is 2. The Morgan fingerprint density at radius 2 is 1.90 bits per heavy atom. The minimum absolute atomic E-state index is 0.414. The molecule has 1 aliphatic rings. The van der Waals surface area contributed by atoms with Crippen LogP contribution in [0.3, 0.4) is 0 Å². The number of hydrogen-bond acceptors (Lipinski definition) is 3. The molecule has 1 aromatic heterocycles. The van der Waals surface area contributed by atoms with Crippen LogP contribution < -0.4 is 5.32 Å². The average molecular weight is 300 g/mol. The Bertz CT molecular complexity index is 567. The largest absolute Gasteiger partial charge is 0.314 e. The molecule has 1 atom stereocenters. The van der Waals surface area contributed by atoms with E-state index in [2.05, 4.69) is 59.8 Å². The summed E-state index contributed by atoms with van der Waals surface area (Å²) < 4.78 is 0. The number of rotatable bonds is 4. The van der Waals surface area contributed by atoms with Gasteiger partial charge in [-0.3, -0.25) is 4.90 Å². The minimum atomic E-state index is 0.414. The van der Waals surface area contributed by atoms with Crippen LogP contribution in [0.5, 0.6) is 0 Å². The number of nitrogens with one attached hydrogen (secondary N) is 1. The van der Waals surface area contributed by atoms with Gasteiger partial charge < -0.3 is 5.32 Å². The van der Waals surface area contributed by atoms with Gasteiger partial charge >= 0.3 is 0 Å². The first-order valence-electron chi connectivity index (χ1n) is 7.86. The predicted molar refractivity (Wildman–Crippen MR) is 91.2 cm³/mol. The van der Waals surface area contributed by atoms with Gasteiger partial charge in [-0.2, -0.15) is 0 Å². The number of thiophene rings is 1. The zero-order chi connectivity index (χ0) is 14.7. The molecule has 0 radical (unpaired) electrons. The van der Waals surface area contributed by atoms with Crippen molar-refractivity contribution in [2.24, 2.45) is 0 Å². The second-order valence-corrected chi connectivity index (χ2v) is 6.75. The van der Waals surface area contributed by atoms with Gasteiger partial charge in [0.05, 0.1) is 6.04 Å². The van der Waals surface area contributed by atoms with Gasteiger partial charge in [0.25, 0.3) is 0 Å². The highest BCUT2D eigenvalue weighted by atomic mass is 32.1. The van der Waals surface area contributed by atoms with E-state index in [1.165, 1.54) is 21.6 Å². The first kappa shape index (κ1) is 14.8. The van der Waals surface area contributed by atoms with E-state index in [-0.39, 0.29) is 0 Å². The second kappa shape index (κ2) is 6.73. The highest BCUT2D eigenvalue weighted by Gasteiger charge is 2.24.